The Morgan fingerprint density at radius 3 is 2.25 bits per heavy atom. The Balaban J connectivity index is 1.78. The van der Waals surface area contributed by atoms with E-state index in [1.807, 2.05) is 24.3 Å². The topological polar surface area (TPSA) is 93.7 Å². The fourth-order valence-electron chi connectivity index (χ4n) is 3.02. The van der Waals surface area contributed by atoms with Crippen LogP contribution in [0.5, 0.6) is 5.75 Å². The average molecular weight is 453 g/mol. The summed E-state index contributed by atoms with van der Waals surface area (Å²) in [4.78, 5) is 37.4. The predicted molar refractivity (Wildman–Crippen MR) is 125 cm³/mol. The maximum Gasteiger partial charge on any atom is 0.350 e. The molecule has 0 spiro atoms. The number of anilines is 2. The third-order valence-corrected chi connectivity index (χ3v) is 5.64. The molecule has 3 rings (SSSR count). The lowest BCUT2D eigenvalue weighted by molar-refractivity contribution is -0.116. The SMILES string of the molecule is CCOC(=O)c1sc(-c2ccc(OC)cc2)cc1NC(=O)Cc1ccc(NC(C)=O)cc1. The zero-order chi connectivity index (χ0) is 23.1. The average Bonchev–Trinajstić information content (AvgIpc) is 3.18. The van der Waals surface area contributed by atoms with Crippen molar-refractivity contribution in [1.29, 1.82) is 0 Å². The number of hydrogen-bond acceptors (Lipinski definition) is 6. The number of ether oxygens (including phenoxy) is 2. The van der Waals surface area contributed by atoms with Gasteiger partial charge in [0.1, 0.15) is 10.6 Å². The van der Waals surface area contributed by atoms with Crippen LogP contribution >= 0.6 is 11.3 Å². The number of carbonyl (C=O) groups is 3. The van der Waals surface area contributed by atoms with Crippen LogP contribution in [0, 0.1) is 0 Å². The minimum absolute atomic E-state index is 0.121. The third kappa shape index (κ3) is 5.95. The van der Waals surface area contributed by atoms with Gasteiger partial charge in [0.2, 0.25) is 11.8 Å². The molecule has 2 amide bonds. The first kappa shape index (κ1) is 23.0. The van der Waals surface area contributed by atoms with Gasteiger partial charge in [0.05, 0.1) is 25.8 Å². The maximum absolute atomic E-state index is 12.7. The molecule has 8 heteroatoms. The molecule has 0 aliphatic heterocycles. The van der Waals surface area contributed by atoms with Gasteiger partial charge in [-0.25, -0.2) is 4.79 Å². The molecule has 1 aromatic heterocycles. The van der Waals surface area contributed by atoms with E-state index in [-0.39, 0.29) is 24.8 Å². The first-order valence-electron chi connectivity index (χ1n) is 10.0. The molecular formula is C24H24N2O5S. The van der Waals surface area contributed by atoms with E-state index in [0.29, 0.717) is 16.3 Å². The highest BCUT2D eigenvalue weighted by Gasteiger charge is 2.20. The van der Waals surface area contributed by atoms with Gasteiger partial charge in [0.25, 0.3) is 0 Å². The predicted octanol–water partition coefficient (Wildman–Crippen LogP) is 4.74. The van der Waals surface area contributed by atoms with Crippen molar-refractivity contribution in [3.05, 3.63) is 65.0 Å². The molecule has 0 atom stereocenters. The molecule has 0 fully saturated rings. The van der Waals surface area contributed by atoms with Gasteiger partial charge in [0, 0.05) is 17.5 Å². The zero-order valence-electron chi connectivity index (χ0n) is 18.1. The molecule has 2 aromatic carbocycles. The van der Waals surface area contributed by atoms with Crippen molar-refractivity contribution in [3.8, 4) is 16.2 Å². The number of esters is 1. The van der Waals surface area contributed by atoms with Crippen LogP contribution in [0.4, 0.5) is 11.4 Å². The van der Waals surface area contributed by atoms with Gasteiger partial charge >= 0.3 is 5.97 Å². The molecule has 0 saturated carbocycles. The van der Waals surface area contributed by atoms with Crippen LogP contribution in [0.2, 0.25) is 0 Å². The Bertz CT molecular complexity index is 1100. The highest BCUT2D eigenvalue weighted by atomic mass is 32.1. The number of carbonyl (C=O) groups excluding carboxylic acids is 3. The molecule has 1 heterocycles. The molecule has 0 saturated heterocycles. The van der Waals surface area contributed by atoms with Crippen molar-refractivity contribution in [3.63, 3.8) is 0 Å². The molecule has 2 N–H and O–H groups in total. The number of benzene rings is 2. The summed E-state index contributed by atoms with van der Waals surface area (Å²) >= 11 is 1.26. The number of thiophene rings is 1. The Kier molecular flexibility index (Phi) is 7.62. The van der Waals surface area contributed by atoms with Gasteiger partial charge in [0.15, 0.2) is 0 Å². The quantitative estimate of drug-likeness (QED) is 0.482. The van der Waals surface area contributed by atoms with E-state index in [9.17, 15) is 14.4 Å². The fourth-order valence-corrected chi connectivity index (χ4v) is 4.03. The molecule has 32 heavy (non-hydrogen) atoms. The lowest BCUT2D eigenvalue weighted by Gasteiger charge is -2.07. The van der Waals surface area contributed by atoms with Crippen LogP contribution in [0.15, 0.2) is 54.6 Å². The van der Waals surface area contributed by atoms with E-state index < -0.39 is 5.97 Å². The summed E-state index contributed by atoms with van der Waals surface area (Å²) in [6, 6.07) is 16.2. The lowest BCUT2D eigenvalue weighted by atomic mass is 10.1. The minimum Gasteiger partial charge on any atom is -0.497 e. The monoisotopic (exact) mass is 452 g/mol. The first-order chi connectivity index (χ1) is 15.4. The number of methoxy groups -OCH3 is 1. The lowest BCUT2D eigenvalue weighted by Crippen LogP contribution is -2.16. The summed E-state index contributed by atoms with van der Waals surface area (Å²) in [6.45, 7) is 3.41. The molecule has 3 aromatic rings. The van der Waals surface area contributed by atoms with Crippen molar-refractivity contribution in [2.45, 2.75) is 20.3 Å². The summed E-state index contributed by atoms with van der Waals surface area (Å²) in [7, 11) is 1.60. The second-order valence-corrected chi connectivity index (χ2v) is 7.96. The summed E-state index contributed by atoms with van der Waals surface area (Å²) in [5.74, 6) is -0.171. The van der Waals surface area contributed by atoms with Crippen LogP contribution in [0.1, 0.15) is 29.1 Å². The van der Waals surface area contributed by atoms with E-state index >= 15 is 0 Å². The van der Waals surface area contributed by atoms with Crippen molar-refractivity contribution in [2.75, 3.05) is 24.4 Å². The van der Waals surface area contributed by atoms with Crippen LogP contribution in [-0.4, -0.2) is 31.5 Å². The normalized spacial score (nSPS) is 10.3. The Morgan fingerprint density at radius 1 is 0.969 bits per heavy atom. The van der Waals surface area contributed by atoms with E-state index in [4.69, 9.17) is 9.47 Å². The van der Waals surface area contributed by atoms with Crippen molar-refractivity contribution in [2.24, 2.45) is 0 Å². The Labute approximate surface area is 190 Å². The van der Waals surface area contributed by atoms with E-state index in [0.717, 1.165) is 21.8 Å². The molecule has 166 valence electrons. The molecule has 0 aliphatic carbocycles. The van der Waals surface area contributed by atoms with Crippen LogP contribution in [0.25, 0.3) is 10.4 Å². The second-order valence-electron chi connectivity index (χ2n) is 6.91. The summed E-state index contributed by atoms with van der Waals surface area (Å²) in [5.41, 5.74) is 2.75. The molecule has 0 aliphatic rings. The van der Waals surface area contributed by atoms with Crippen LogP contribution < -0.4 is 15.4 Å². The van der Waals surface area contributed by atoms with E-state index in [1.165, 1.54) is 18.3 Å². The largest absolute Gasteiger partial charge is 0.497 e. The van der Waals surface area contributed by atoms with Gasteiger partial charge in [-0.1, -0.05) is 12.1 Å². The van der Waals surface area contributed by atoms with Gasteiger partial charge in [-0.3, -0.25) is 9.59 Å². The van der Waals surface area contributed by atoms with Gasteiger partial charge in [-0.05, 0) is 60.5 Å². The van der Waals surface area contributed by atoms with Gasteiger partial charge < -0.3 is 20.1 Å². The molecule has 0 radical (unpaired) electrons. The van der Waals surface area contributed by atoms with Crippen LogP contribution in [0.3, 0.4) is 0 Å². The number of nitrogens with one attached hydrogen (secondary N) is 2. The highest BCUT2D eigenvalue weighted by molar-refractivity contribution is 7.18. The Hall–Kier alpha value is -3.65. The number of amides is 2. The van der Waals surface area contributed by atoms with Crippen LogP contribution in [-0.2, 0) is 20.7 Å². The standard InChI is InChI=1S/C24H24N2O5S/c1-4-31-24(29)23-20(14-21(32-23)17-7-11-19(30-3)12-8-17)26-22(28)13-16-5-9-18(10-6-16)25-15(2)27/h5-12,14H,4,13H2,1-3H3,(H,25,27)(H,26,28). The number of hydrogen-bond donors (Lipinski definition) is 2. The van der Waals surface area contributed by atoms with E-state index in [2.05, 4.69) is 10.6 Å². The third-order valence-electron chi connectivity index (χ3n) is 4.48. The van der Waals surface area contributed by atoms with Crippen molar-refractivity contribution < 1.29 is 23.9 Å². The highest BCUT2D eigenvalue weighted by Crippen LogP contribution is 2.36. The Morgan fingerprint density at radius 2 is 1.66 bits per heavy atom. The minimum atomic E-state index is -0.479. The zero-order valence-corrected chi connectivity index (χ0v) is 18.9. The van der Waals surface area contributed by atoms with Gasteiger partial charge in [-0.2, -0.15) is 0 Å². The van der Waals surface area contributed by atoms with Gasteiger partial charge in [-0.15, -0.1) is 11.3 Å². The molecule has 0 unspecified atom stereocenters. The fraction of sp³-hybridized carbons (Fsp3) is 0.208. The smallest absolute Gasteiger partial charge is 0.350 e. The van der Waals surface area contributed by atoms with Crippen molar-refractivity contribution in [1.82, 2.24) is 0 Å². The summed E-state index contributed by atoms with van der Waals surface area (Å²) in [6.07, 6.45) is 0.121. The molecular weight excluding hydrogens is 428 g/mol. The van der Waals surface area contributed by atoms with E-state index in [1.54, 1.807) is 44.4 Å². The molecule has 0 bridgehead atoms. The van der Waals surface area contributed by atoms with Crippen molar-refractivity contribution >= 4 is 40.5 Å². The number of rotatable bonds is 8. The maximum atomic E-state index is 12.7. The summed E-state index contributed by atoms with van der Waals surface area (Å²) < 4.78 is 10.4. The second kappa shape index (κ2) is 10.6. The first-order valence-corrected chi connectivity index (χ1v) is 10.8. The molecule has 7 nitrogen and oxygen atoms in total. The summed E-state index contributed by atoms with van der Waals surface area (Å²) in [5, 5.41) is 5.52.